The van der Waals surface area contributed by atoms with Gasteiger partial charge in [0, 0.05) is 5.56 Å². The zero-order valence-electron chi connectivity index (χ0n) is 18.6. The van der Waals surface area contributed by atoms with Crippen molar-refractivity contribution in [3.63, 3.8) is 0 Å². The summed E-state index contributed by atoms with van der Waals surface area (Å²) < 4.78 is 13.0. The van der Waals surface area contributed by atoms with E-state index in [1.165, 1.54) is 11.3 Å². The number of carbonyl (C=O) groups is 1. The number of methoxy groups -OCH3 is 1. The average molecular weight is 461 g/mol. The molecule has 0 radical (unpaired) electrons. The Morgan fingerprint density at radius 2 is 1.88 bits per heavy atom. The molecule has 0 N–H and O–H groups in total. The summed E-state index contributed by atoms with van der Waals surface area (Å²) in [5, 5.41) is 0. The van der Waals surface area contributed by atoms with Gasteiger partial charge in [0.2, 0.25) is 0 Å². The van der Waals surface area contributed by atoms with E-state index >= 15 is 0 Å². The van der Waals surface area contributed by atoms with E-state index in [4.69, 9.17) is 9.47 Å². The third-order valence-corrected chi connectivity index (χ3v) is 6.29. The van der Waals surface area contributed by atoms with Crippen molar-refractivity contribution in [3.05, 3.63) is 103 Å². The van der Waals surface area contributed by atoms with Gasteiger partial charge in [0.25, 0.3) is 5.56 Å². The molecule has 7 heteroatoms. The predicted molar refractivity (Wildman–Crippen MR) is 130 cm³/mol. The number of carbonyl (C=O) groups excluding carboxylic acids is 1. The van der Waals surface area contributed by atoms with Crippen LogP contribution in [-0.2, 0) is 9.53 Å². The minimum absolute atomic E-state index is 0.221. The first-order valence-corrected chi connectivity index (χ1v) is 11.4. The molecule has 0 amide bonds. The third-order valence-electron chi connectivity index (χ3n) is 5.29. The maximum absolute atomic E-state index is 13.5. The molecule has 0 bridgehead atoms. The summed E-state index contributed by atoms with van der Waals surface area (Å²) in [5.41, 5.74) is 2.37. The number of allylic oxidation sites excluding steroid dienone is 2. The van der Waals surface area contributed by atoms with Gasteiger partial charge in [-0.3, -0.25) is 9.36 Å². The Hall–Kier alpha value is -3.71. The molecule has 1 atom stereocenters. The number of nitrogens with zero attached hydrogens (tertiary/aromatic N) is 2. The van der Waals surface area contributed by atoms with Gasteiger partial charge in [-0.25, -0.2) is 9.79 Å². The fraction of sp³-hybridized carbons (Fsp3) is 0.192. The molecule has 2 aromatic carbocycles. The van der Waals surface area contributed by atoms with Crippen molar-refractivity contribution in [2.45, 2.75) is 19.9 Å². The van der Waals surface area contributed by atoms with E-state index in [9.17, 15) is 9.59 Å². The molecule has 33 heavy (non-hydrogen) atoms. The lowest BCUT2D eigenvalue weighted by molar-refractivity contribution is -0.139. The van der Waals surface area contributed by atoms with Crippen LogP contribution in [-0.4, -0.2) is 24.3 Å². The van der Waals surface area contributed by atoms with Crippen LogP contribution in [0.1, 0.15) is 31.0 Å². The molecule has 168 valence electrons. The molecule has 0 saturated carbocycles. The average Bonchev–Trinajstić information content (AvgIpc) is 3.13. The van der Waals surface area contributed by atoms with E-state index in [1.807, 2.05) is 66.7 Å². The van der Waals surface area contributed by atoms with Crippen LogP contribution in [0.15, 0.2) is 81.7 Å². The number of para-hydroxylation sites is 1. The van der Waals surface area contributed by atoms with Crippen molar-refractivity contribution >= 4 is 29.5 Å². The predicted octanol–water partition coefficient (Wildman–Crippen LogP) is 3.47. The van der Waals surface area contributed by atoms with Crippen molar-refractivity contribution in [2.24, 2.45) is 4.99 Å². The molecule has 6 nitrogen and oxygen atoms in total. The topological polar surface area (TPSA) is 69.9 Å². The minimum Gasteiger partial charge on any atom is -0.496 e. The smallest absolute Gasteiger partial charge is 0.338 e. The van der Waals surface area contributed by atoms with Crippen LogP contribution in [0.4, 0.5) is 0 Å². The van der Waals surface area contributed by atoms with Gasteiger partial charge in [0.05, 0.1) is 29.5 Å². The molecular weight excluding hydrogens is 436 g/mol. The fourth-order valence-corrected chi connectivity index (χ4v) is 4.80. The van der Waals surface area contributed by atoms with E-state index < -0.39 is 12.0 Å². The zero-order chi connectivity index (χ0) is 23.4. The third kappa shape index (κ3) is 4.45. The molecule has 1 aliphatic heterocycles. The first kappa shape index (κ1) is 22.5. The summed E-state index contributed by atoms with van der Waals surface area (Å²) in [6.07, 6.45) is 5.56. The summed E-state index contributed by atoms with van der Waals surface area (Å²) in [7, 11) is 1.57. The number of esters is 1. The normalized spacial score (nSPS) is 16.0. The van der Waals surface area contributed by atoms with Gasteiger partial charge in [0.1, 0.15) is 11.8 Å². The van der Waals surface area contributed by atoms with Crippen molar-refractivity contribution in [2.75, 3.05) is 13.7 Å². The molecule has 4 rings (SSSR count). The highest BCUT2D eigenvalue weighted by Gasteiger charge is 2.34. The van der Waals surface area contributed by atoms with E-state index in [0.29, 0.717) is 31.9 Å². The monoisotopic (exact) mass is 460 g/mol. The van der Waals surface area contributed by atoms with E-state index in [0.717, 1.165) is 5.56 Å². The van der Waals surface area contributed by atoms with Gasteiger partial charge in [0.15, 0.2) is 4.80 Å². The zero-order valence-corrected chi connectivity index (χ0v) is 19.5. The Kier molecular flexibility index (Phi) is 6.70. The van der Waals surface area contributed by atoms with Crippen molar-refractivity contribution in [3.8, 4) is 5.75 Å². The Morgan fingerprint density at radius 3 is 2.61 bits per heavy atom. The summed E-state index contributed by atoms with van der Waals surface area (Å²) in [6.45, 7) is 3.74. The summed E-state index contributed by atoms with van der Waals surface area (Å²) >= 11 is 1.29. The van der Waals surface area contributed by atoms with E-state index in [-0.39, 0.29) is 12.2 Å². The van der Waals surface area contributed by atoms with Crippen LogP contribution in [0.5, 0.6) is 5.75 Å². The van der Waals surface area contributed by atoms with Crippen molar-refractivity contribution < 1.29 is 14.3 Å². The number of thiazole rings is 1. The van der Waals surface area contributed by atoms with Crippen LogP contribution in [0.25, 0.3) is 12.2 Å². The first-order valence-electron chi connectivity index (χ1n) is 10.6. The van der Waals surface area contributed by atoms with Gasteiger partial charge in [-0.2, -0.15) is 0 Å². The van der Waals surface area contributed by atoms with Crippen molar-refractivity contribution in [1.29, 1.82) is 0 Å². The molecule has 0 spiro atoms. The molecule has 0 fully saturated rings. The second-order valence-electron chi connectivity index (χ2n) is 7.34. The van der Waals surface area contributed by atoms with Gasteiger partial charge >= 0.3 is 5.97 Å². The quantitative estimate of drug-likeness (QED) is 0.528. The summed E-state index contributed by atoms with van der Waals surface area (Å²) in [4.78, 5) is 31.6. The Morgan fingerprint density at radius 1 is 1.15 bits per heavy atom. The number of aromatic nitrogens is 1. The highest BCUT2D eigenvalue weighted by Crippen LogP contribution is 2.35. The second-order valence-corrected chi connectivity index (χ2v) is 8.35. The minimum atomic E-state index is -0.697. The lowest BCUT2D eigenvalue weighted by Gasteiger charge is -2.25. The lowest BCUT2D eigenvalue weighted by Crippen LogP contribution is -2.40. The summed E-state index contributed by atoms with van der Waals surface area (Å²) in [6, 6.07) is 16.5. The molecular formula is C26H24N2O4S. The van der Waals surface area contributed by atoms with Crippen molar-refractivity contribution in [1.82, 2.24) is 4.57 Å². The first-order chi connectivity index (χ1) is 16.0. The van der Waals surface area contributed by atoms with Gasteiger partial charge in [-0.05, 0) is 31.6 Å². The van der Waals surface area contributed by atoms with E-state index in [1.54, 1.807) is 31.6 Å². The lowest BCUT2D eigenvalue weighted by atomic mass is 9.95. The largest absolute Gasteiger partial charge is 0.496 e. The van der Waals surface area contributed by atoms with Gasteiger partial charge in [-0.1, -0.05) is 72.0 Å². The molecule has 0 unspecified atom stereocenters. The molecule has 1 aromatic heterocycles. The number of fused-ring (bicyclic) bond motifs is 1. The Bertz CT molecular complexity index is 1410. The number of ether oxygens (including phenoxy) is 2. The van der Waals surface area contributed by atoms with Gasteiger partial charge < -0.3 is 9.47 Å². The molecule has 0 aliphatic carbocycles. The highest BCUT2D eigenvalue weighted by molar-refractivity contribution is 7.07. The van der Waals surface area contributed by atoms with Gasteiger partial charge in [-0.15, -0.1) is 0 Å². The number of rotatable bonds is 6. The van der Waals surface area contributed by atoms with E-state index in [2.05, 4.69) is 4.99 Å². The SMILES string of the molecule is CCOC(=O)C1=C(C)N=c2s/c(=C\C=C/c3ccccc3)c(=O)n2[C@H]1c1ccccc1OC. The highest BCUT2D eigenvalue weighted by atomic mass is 32.1. The molecule has 1 aliphatic rings. The standard InChI is InChI=1S/C26H24N2O4S/c1-4-32-25(30)22-17(2)27-26-28(23(22)19-14-8-9-15-20(19)31-3)24(29)21(33-26)16-10-13-18-11-6-5-7-12-18/h5-16,23H,4H2,1-3H3/b13-10-,21-16-/t23-/m0/s1. The number of hydrogen-bond donors (Lipinski definition) is 0. The van der Waals surface area contributed by atoms with Crippen LogP contribution in [0.2, 0.25) is 0 Å². The second kappa shape index (κ2) is 9.83. The Labute approximate surface area is 195 Å². The Balaban J connectivity index is 1.90. The van der Waals surface area contributed by atoms with Crippen LogP contribution in [0.3, 0.4) is 0 Å². The summed E-state index contributed by atoms with van der Waals surface area (Å²) in [5.74, 6) is 0.0884. The maximum Gasteiger partial charge on any atom is 0.338 e. The fourth-order valence-electron chi connectivity index (χ4n) is 3.80. The molecule has 2 heterocycles. The number of benzene rings is 2. The van der Waals surface area contributed by atoms with Crippen LogP contribution < -0.4 is 19.6 Å². The molecule has 3 aromatic rings. The number of hydrogen-bond acceptors (Lipinski definition) is 6. The van der Waals surface area contributed by atoms with Crippen LogP contribution in [0, 0.1) is 0 Å². The van der Waals surface area contributed by atoms with Crippen LogP contribution >= 0.6 is 11.3 Å². The molecule has 0 saturated heterocycles. The maximum atomic E-state index is 13.5.